The lowest BCUT2D eigenvalue weighted by molar-refractivity contribution is 0.102. The van der Waals surface area contributed by atoms with Crippen LogP contribution in [0.4, 0.5) is 17.2 Å². The number of amides is 1. The fraction of sp³-hybridized carbons (Fsp3) is 0.120. The van der Waals surface area contributed by atoms with Gasteiger partial charge >= 0.3 is 0 Å². The molecule has 0 aliphatic carbocycles. The van der Waals surface area contributed by atoms with Crippen LogP contribution in [0.2, 0.25) is 0 Å². The highest BCUT2D eigenvalue weighted by atomic mass is 16.5. The molecule has 2 N–H and O–H groups in total. The maximum absolute atomic E-state index is 13.1. The van der Waals surface area contributed by atoms with Gasteiger partial charge in [0, 0.05) is 11.8 Å². The van der Waals surface area contributed by atoms with E-state index in [2.05, 4.69) is 15.7 Å². The van der Waals surface area contributed by atoms with E-state index in [1.165, 1.54) is 5.56 Å². The van der Waals surface area contributed by atoms with Crippen LogP contribution in [0.15, 0.2) is 78.9 Å². The molecule has 0 radical (unpaired) electrons. The molecule has 6 nitrogen and oxygen atoms in total. The summed E-state index contributed by atoms with van der Waals surface area (Å²) >= 11 is 0. The number of hydrogen-bond donors (Lipinski definition) is 2. The lowest BCUT2D eigenvalue weighted by Gasteiger charge is -2.15. The summed E-state index contributed by atoms with van der Waals surface area (Å²) in [6.07, 6.45) is 0. The van der Waals surface area contributed by atoms with Crippen LogP contribution in [0.1, 0.15) is 21.6 Å². The van der Waals surface area contributed by atoms with Gasteiger partial charge in [-0.1, -0.05) is 35.9 Å². The van der Waals surface area contributed by atoms with Crippen LogP contribution in [-0.4, -0.2) is 22.8 Å². The topological polar surface area (TPSA) is 68.2 Å². The van der Waals surface area contributed by atoms with Crippen LogP contribution in [0.5, 0.6) is 5.75 Å². The zero-order valence-corrected chi connectivity index (χ0v) is 17.7. The van der Waals surface area contributed by atoms with Crippen LogP contribution in [0.3, 0.4) is 0 Å². The van der Waals surface area contributed by atoms with Crippen LogP contribution in [0.25, 0.3) is 5.69 Å². The number of para-hydroxylation sites is 1. The maximum Gasteiger partial charge on any atom is 0.257 e. The van der Waals surface area contributed by atoms with Crippen molar-refractivity contribution in [3.63, 3.8) is 0 Å². The largest absolute Gasteiger partial charge is 0.497 e. The molecule has 0 spiro atoms. The first-order valence-corrected chi connectivity index (χ1v) is 9.98. The van der Waals surface area contributed by atoms with Gasteiger partial charge in [0.15, 0.2) is 0 Å². The standard InChI is InChI=1S/C25H24N4O2/c1-17-9-11-20(12-10-17)29-24(15-18(2)28-29)27-23-14-13-21(31-3)16-22(23)25(30)26-19-7-5-4-6-8-19/h4-16,27H,1-3H3,(H,26,30). The van der Waals surface area contributed by atoms with Crippen LogP contribution in [-0.2, 0) is 0 Å². The Hall–Kier alpha value is -4.06. The van der Waals surface area contributed by atoms with Gasteiger partial charge in [-0.2, -0.15) is 5.10 Å². The lowest BCUT2D eigenvalue weighted by atomic mass is 10.1. The molecule has 0 aliphatic heterocycles. The maximum atomic E-state index is 13.1. The third kappa shape index (κ3) is 4.59. The van der Waals surface area contributed by atoms with E-state index in [1.807, 2.05) is 91.3 Å². The molecular weight excluding hydrogens is 388 g/mol. The molecule has 0 aliphatic rings. The van der Waals surface area contributed by atoms with Crippen molar-refractivity contribution in [1.82, 2.24) is 9.78 Å². The zero-order chi connectivity index (χ0) is 21.8. The zero-order valence-electron chi connectivity index (χ0n) is 17.7. The molecule has 1 heterocycles. The van der Waals surface area contributed by atoms with Crippen molar-refractivity contribution in [1.29, 1.82) is 0 Å². The van der Waals surface area contributed by atoms with E-state index in [9.17, 15) is 4.79 Å². The molecule has 4 rings (SSSR count). The predicted octanol–water partition coefficient (Wildman–Crippen LogP) is 5.49. The predicted molar refractivity (Wildman–Crippen MR) is 124 cm³/mol. The Morgan fingerprint density at radius 2 is 1.68 bits per heavy atom. The minimum absolute atomic E-state index is 0.231. The minimum Gasteiger partial charge on any atom is -0.497 e. The highest BCUT2D eigenvalue weighted by Gasteiger charge is 2.16. The van der Waals surface area contributed by atoms with Gasteiger partial charge in [0.25, 0.3) is 5.91 Å². The number of aromatic nitrogens is 2. The van der Waals surface area contributed by atoms with Gasteiger partial charge in [-0.3, -0.25) is 4.79 Å². The number of aryl methyl sites for hydroxylation is 2. The third-order valence-electron chi connectivity index (χ3n) is 4.88. The number of benzene rings is 3. The van der Waals surface area contributed by atoms with Gasteiger partial charge in [-0.15, -0.1) is 0 Å². The molecule has 0 unspecified atom stereocenters. The molecule has 0 saturated heterocycles. The average molecular weight is 412 g/mol. The first kappa shape index (κ1) is 20.2. The van der Waals surface area contributed by atoms with Crippen molar-refractivity contribution < 1.29 is 9.53 Å². The van der Waals surface area contributed by atoms with Crippen molar-refractivity contribution in [2.75, 3.05) is 17.7 Å². The van der Waals surface area contributed by atoms with Crippen molar-refractivity contribution in [3.8, 4) is 11.4 Å². The Balaban J connectivity index is 1.69. The summed E-state index contributed by atoms with van der Waals surface area (Å²) in [7, 11) is 1.58. The van der Waals surface area contributed by atoms with Crippen molar-refractivity contribution in [2.45, 2.75) is 13.8 Å². The number of rotatable bonds is 6. The Morgan fingerprint density at radius 1 is 0.935 bits per heavy atom. The number of nitrogens with one attached hydrogen (secondary N) is 2. The molecule has 3 aromatic carbocycles. The number of carbonyl (C=O) groups excluding carboxylic acids is 1. The Morgan fingerprint density at radius 3 is 2.39 bits per heavy atom. The highest BCUT2D eigenvalue weighted by molar-refractivity contribution is 6.08. The summed E-state index contributed by atoms with van der Waals surface area (Å²) in [4.78, 5) is 13.1. The van der Waals surface area contributed by atoms with Gasteiger partial charge in [0.05, 0.1) is 29.7 Å². The number of anilines is 3. The monoisotopic (exact) mass is 412 g/mol. The summed E-state index contributed by atoms with van der Waals surface area (Å²) in [5, 5.41) is 10.9. The highest BCUT2D eigenvalue weighted by Crippen LogP contribution is 2.28. The summed E-state index contributed by atoms with van der Waals surface area (Å²) in [6, 6.07) is 24.8. The van der Waals surface area contributed by atoms with Gasteiger partial charge in [-0.25, -0.2) is 4.68 Å². The molecule has 0 atom stereocenters. The third-order valence-corrected chi connectivity index (χ3v) is 4.88. The quantitative estimate of drug-likeness (QED) is 0.439. The van der Waals surface area contributed by atoms with Crippen molar-refractivity contribution in [2.24, 2.45) is 0 Å². The Labute approximate surface area is 181 Å². The second-order valence-corrected chi connectivity index (χ2v) is 7.27. The first-order chi connectivity index (χ1) is 15.0. The summed E-state index contributed by atoms with van der Waals surface area (Å²) in [5.74, 6) is 1.14. The van der Waals surface area contributed by atoms with Crippen LogP contribution >= 0.6 is 0 Å². The number of ether oxygens (including phenoxy) is 1. The molecule has 0 saturated carbocycles. The smallest absolute Gasteiger partial charge is 0.257 e. The second-order valence-electron chi connectivity index (χ2n) is 7.27. The molecule has 4 aromatic rings. The molecule has 0 fully saturated rings. The summed E-state index contributed by atoms with van der Waals surface area (Å²) in [6.45, 7) is 3.99. The lowest BCUT2D eigenvalue weighted by Crippen LogP contribution is -2.14. The van der Waals surface area contributed by atoms with Gasteiger partial charge in [-0.05, 0) is 56.3 Å². The normalized spacial score (nSPS) is 10.5. The average Bonchev–Trinajstić information content (AvgIpc) is 3.15. The SMILES string of the molecule is COc1ccc(Nc2cc(C)nn2-c2ccc(C)cc2)c(C(=O)Nc2ccccc2)c1. The van der Waals surface area contributed by atoms with Crippen molar-refractivity contribution >= 4 is 23.1 Å². The second kappa shape index (κ2) is 8.75. The molecular formula is C25H24N4O2. The van der Waals surface area contributed by atoms with E-state index >= 15 is 0 Å². The molecule has 0 bridgehead atoms. The summed E-state index contributed by atoms with van der Waals surface area (Å²) in [5.41, 5.74) is 4.83. The Kier molecular flexibility index (Phi) is 5.71. The van der Waals surface area contributed by atoms with E-state index in [4.69, 9.17) is 4.74 Å². The van der Waals surface area contributed by atoms with Crippen LogP contribution in [0, 0.1) is 13.8 Å². The van der Waals surface area contributed by atoms with Gasteiger partial charge in [0.2, 0.25) is 0 Å². The van der Waals surface area contributed by atoms with E-state index < -0.39 is 0 Å². The van der Waals surface area contributed by atoms with E-state index in [0.29, 0.717) is 17.0 Å². The van der Waals surface area contributed by atoms with E-state index in [-0.39, 0.29) is 5.91 Å². The van der Waals surface area contributed by atoms with E-state index in [1.54, 1.807) is 13.2 Å². The number of carbonyl (C=O) groups is 1. The number of nitrogens with zero attached hydrogens (tertiary/aromatic N) is 2. The molecule has 1 amide bonds. The van der Waals surface area contributed by atoms with Gasteiger partial charge in [0.1, 0.15) is 11.6 Å². The minimum atomic E-state index is -0.231. The molecule has 31 heavy (non-hydrogen) atoms. The number of hydrogen-bond acceptors (Lipinski definition) is 4. The first-order valence-electron chi connectivity index (χ1n) is 9.98. The molecule has 1 aromatic heterocycles. The Bertz CT molecular complexity index is 1200. The van der Waals surface area contributed by atoms with Crippen molar-refractivity contribution in [3.05, 3.63) is 95.7 Å². The van der Waals surface area contributed by atoms with Gasteiger partial charge < -0.3 is 15.4 Å². The van der Waals surface area contributed by atoms with Crippen LogP contribution < -0.4 is 15.4 Å². The fourth-order valence-electron chi connectivity index (χ4n) is 3.28. The molecule has 6 heteroatoms. The fourth-order valence-corrected chi connectivity index (χ4v) is 3.28. The summed E-state index contributed by atoms with van der Waals surface area (Å²) < 4.78 is 7.17. The number of methoxy groups -OCH3 is 1. The molecule has 156 valence electrons. The van der Waals surface area contributed by atoms with E-state index in [0.717, 1.165) is 22.9 Å².